The molecule has 0 aliphatic carbocycles. The maximum Gasteiger partial charge on any atom is 0.0948 e. The number of aryl methyl sites for hydroxylation is 2. The maximum atomic E-state index is 6.15. The van der Waals surface area contributed by atoms with Gasteiger partial charge >= 0.3 is 0 Å². The number of aromatic nitrogens is 4. The number of imidazole rings is 2. The molecule has 0 aliphatic heterocycles. The molecule has 17 heavy (non-hydrogen) atoms. The van der Waals surface area contributed by atoms with Gasteiger partial charge in [0.2, 0.25) is 0 Å². The van der Waals surface area contributed by atoms with Crippen molar-refractivity contribution >= 4 is 0 Å². The van der Waals surface area contributed by atoms with Crippen molar-refractivity contribution in [3.63, 3.8) is 0 Å². The highest BCUT2D eigenvalue weighted by atomic mass is 15.1. The Morgan fingerprint density at radius 3 is 2.82 bits per heavy atom. The lowest BCUT2D eigenvalue weighted by molar-refractivity contribution is 0.477. The van der Waals surface area contributed by atoms with Crippen LogP contribution in [0.1, 0.15) is 31.3 Å². The maximum absolute atomic E-state index is 6.15. The van der Waals surface area contributed by atoms with E-state index in [1.54, 1.807) is 6.33 Å². The molecule has 2 aromatic heterocycles. The average molecular weight is 233 g/mol. The number of nitrogens with zero attached hydrogens (tertiary/aromatic N) is 3. The third-order valence-corrected chi connectivity index (χ3v) is 2.98. The third-order valence-electron chi connectivity index (χ3n) is 2.98. The van der Waals surface area contributed by atoms with Gasteiger partial charge in [0.1, 0.15) is 0 Å². The first-order chi connectivity index (χ1) is 8.18. The summed E-state index contributed by atoms with van der Waals surface area (Å²) >= 11 is 0. The smallest absolute Gasteiger partial charge is 0.0948 e. The minimum atomic E-state index is 0.0410. The zero-order chi connectivity index (χ0) is 12.3. The van der Waals surface area contributed by atoms with Gasteiger partial charge in [0, 0.05) is 37.1 Å². The van der Waals surface area contributed by atoms with Crippen molar-refractivity contribution in [3.05, 3.63) is 36.4 Å². The second-order valence-corrected chi connectivity index (χ2v) is 4.61. The molecule has 0 radical (unpaired) electrons. The first-order valence-electron chi connectivity index (χ1n) is 5.91. The normalized spacial score (nSPS) is 13.2. The molecule has 0 saturated heterocycles. The fourth-order valence-corrected chi connectivity index (χ4v) is 1.80. The van der Waals surface area contributed by atoms with Crippen LogP contribution >= 0.6 is 0 Å². The molecule has 1 atom stereocenters. The van der Waals surface area contributed by atoms with Gasteiger partial charge in [0.05, 0.1) is 18.3 Å². The molecule has 2 aromatic rings. The van der Waals surface area contributed by atoms with Crippen molar-refractivity contribution in [2.45, 2.75) is 32.9 Å². The van der Waals surface area contributed by atoms with Crippen molar-refractivity contribution in [2.24, 2.45) is 11.7 Å². The lowest BCUT2D eigenvalue weighted by Gasteiger charge is -2.17. The van der Waals surface area contributed by atoms with E-state index in [4.69, 9.17) is 5.73 Å². The van der Waals surface area contributed by atoms with E-state index in [1.807, 2.05) is 18.7 Å². The second-order valence-electron chi connectivity index (χ2n) is 4.61. The molecule has 0 aliphatic rings. The summed E-state index contributed by atoms with van der Waals surface area (Å²) in [5.41, 5.74) is 8.38. The van der Waals surface area contributed by atoms with E-state index in [0.717, 1.165) is 24.4 Å². The minimum Gasteiger partial charge on any atom is -0.348 e. The highest BCUT2D eigenvalue weighted by Crippen LogP contribution is 2.18. The molecule has 2 rings (SSSR count). The SMILES string of the molecule is CC(C)C(N)c1cncn1CCc1cnc[nH]1. The van der Waals surface area contributed by atoms with Gasteiger partial charge in [-0.15, -0.1) is 0 Å². The van der Waals surface area contributed by atoms with Crippen LogP contribution in [-0.4, -0.2) is 19.5 Å². The van der Waals surface area contributed by atoms with Crippen LogP contribution in [0.5, 0.6) is 0 Å². The number of aromatic amines is 1. The Bertz CT molecular complexity index is 443. The molecule has 0 bridgehead atoms. The highest BCUT2D eigenvalue weighted by Gasteiger charge is 2.14. The van der Waals surface area contributed by atoms with Gasteiger partial charge in [-0.3, -0.25) is 0 Å². The number of hydrogen-bond acceptors (Lipinski definition) is 3. The van der Waals surface area contributed by atoms with Gasteiger partial charge in [0.25, 0.3) is 0 Å². The van der Waals surface area contributed by atoms with Gasteiger partial charge in [-0.1, -0.05) is 13.8 Å². The first kappa shape index (κ1) is 11.9. The van der Waals surface area contributed by atoms with Crippen LogP contribution in [0.25, 0.3) is 0 Å². The van der Waals surface area contributed by atoms with Gasteiger partial charge in [-0.05, 0) is 5.92 Å². The number of hydrogen-bond donors (Lipinski definition) is 2. The summed E-state index contributed by atoms with van der Waals surface area (Å²) in [7, 11) is 0. The molecule has 2 heterocycles. The van der Waals surface area contributed by atoms with Crippen LogP contribution < -0.4 is 5.73 Å². The van der Waals surface area contributed by atoms with E-state index in [-0.39, 0.29) is 6.04 Å². The Hall–Kier alpha value is -1.62. The molecule has 3 N–H and O–H groups in total. The average Bonchev–Trinajstić information content (AvgIpc) is 2.96. The summed E-state index contributed by atoms with van der Waals surface area (Å²) in [6, 6.07) is 0.0410. The topological polar surface area (TPSA) is 72.5 Å². The van der Waals surface area contributed by atoms with Crippen molar-refractivity contribution in [3.8, 4) is 0 Å². The van der Waals surface area contributed by atoms with Crippen LogP contribution in [-0.2, 0) is 13.0 Å². The van der Waals surface area contributed by atoms with E-state index in [1.165, 1.54) is 0 Å². The molecule has 0 fully saturated rings. The Kier molecular flexibility index (Phi) is 3.58. The number of rotatable bonds is 5. The molecule has 0 spiro atoms. The van der Waals surface area contributed by atoms with Crippen LogP contribution in [0, 0.1) is 5.92 Å². The summed E-state index contributed by atoms with van der Waals surface area (Å²) in [6.45, 7) is 5.12. The lowest BCUT2D eigenvalue weighted by Crippen LogP contribution is -2.20. The molecule has 0 amide bonds. The Labute approximate surface area is 101 Å². The third kappa shape index (κ3) is 2.74. The van der Waals surface area contributed by atoms with Gasteiger partial charge in [-0.2, -0.15) is 0 Å². The molecule has 5 heteroatoms. The summed E-state index contributed by atoms with van der Waals surface area (Å²) in [6.07, 6.45) is 8.16. The monoisotopic (exact) mass is 233 g/mol. The van der Waals surface area contributed by atoms with E-state index in [9.17, 15) is 0 Å². The van der Waals surface area contributed by atoms with E-state index >= 15 is 0 Å². The van der Waals surface area contributed by atoms with Crippen LogP contribution in [0.4, 0.5) is 0 Å². The molecule has 0 aromatic carbocycles. The van der Waals surface area contributed by atoms with Crippen LogP contribution in [0.15, 0.2) is 25.0 Å². The molecule has 1 unspecified atom stereocenters. The van der Waals surface area contributed by atoms with Gasteiger partial charge in [0.15, 0.2) is 0 Å². The summed E-state index contributed by atoms with van der Waals surface area (Å²) < 4.78 is 2.12. The van der Waals surface area contributed by atoms with Crippen molar-refractivity contribution < 1.29 is 0 Å². The minimum absolute atomic E-state index is 0.0410. The highest BCUT2D eigenvalue weighted by molar-refractivity contribution is 5.06. The zero-order valence-electron chi connectivity index (χ0n) is 10.3. The molecule has 0 saturated carbocycles. The summed E-state index contributed by atoms with van der Waals surface area (Å²) in [5, 5.41) is 0. The zero-order valence-corrected chi connectivity index (χ0v) is 10.3. The quantitative estimate of drug-likeness (QED) is 0.822. The van der Waals surface area contributed by atoms with Gasteiger partial charge in [-0.25, -0.2) is 9.97 Å². The number of H-pyrrole nitrogens is 1. The van der Waals surface area contributed by atoms with E-state index < -0.39 is 0 Å². The van der Waals surface area contributed by atoms with Crippen LogP contribution in [0.3, 0.4) is 0 Å². The molecule has 5 nitrogen and oxygen atoms in total. The standard InChI is InChI=1S/C12H19N5/c1-9(2)12(13)11-6-15-8-17(11)4-3-10-5-14-7-16-10/h5-9,12H,3-4,13H2,1-2H3,(H,14,16). The van der Waals surface area contributed by atoms with E-state index in [2.05, 4.69) is 33.4 Å². The molecule has 92 valence electrons. The van der Waals surface area contributed by atoms with Crippen LogP contribution in [0.2, 0.25) is 0 Å². The number of nitrogens with one attached hydrogen (secondary N) is 1. The fraction of sp³-hybridized carbons (Fsp3) is 0.500. The van der Waals surface area contributed by atoms with Crippen molar-refractivity contribution in [2.75, 3.05) is 0 Å². The first-order valence-corrected chi connectivity index (χ1v) is 5.91. The Morgan fingerprint density at radius 1 is 1.35 bits per heavy atom. The Morgan fingerprint density at radius 2 is 2.18 bits per heavy atom. The number of nitrogens with two attached hydrogens (primary N) is 1. The molecular formula is C12H19N5. The lowest BCUT2D eigenvalue weighted by atomic mass is 10.0. The predicted molar refractivity (Wildman–Crippen MR) is 66.3 cm³/mol. The predicted octanol–water partition coefficient (Wildman–Crippen LogP) is 1.50. The summed E-state index contributed by atoms with van der Waals surface area (Å²) in [4.78, 5) is 11.3. The van der Waals surface area contributed by atoms with E-state index in [0.29, 0.717) is 5.92 Å². The second kappa shape index (κ2) is 5.14. The summed E-state index contributed by atoms with van der Waals surface area (Å²) in [5.74, 6) is 0.414. The largest absolute Gasteiger partial charge is 0.348 e. The van der Waals surface area contributed by atoms with Crippen molar-refractivity contribution in [1.82, 2.24) is 19.5 Å². The van der Waals surface area contributed by atoms with Crippen molar-refractivity contribution in [1.29, 1.82) is 0 Å². The fourth-order valence-electron chi connectivity index (χ4n) is 1.80. The Balaban J connectivity index is 2.04. The van der Waals surface area contributed by atoms with Gasteiger partial charge < -0.3 is 15.3 Å². The molecular weight excluding hydrogens is 214 g/mol.